The van der Waals surface area contributed by atoms with E-state index >= 15 is 0 Å². The van der Waals surface area contributed by atoms with Crippen molar-refractivity contribution < 1.29 is 19.5 Å². The van der Waals surface area contributed by atoms with Gasteiger partial charge in [0.25, 0.3) is 0 Å². The molecule has 4 aromatic rings. The van der Waals surface area contributed by atoms with Crippen molar-refractivity contribution in [3.05, 3.63) is 102 Å². The molecule has 2 heterocycles. The second-order valence-corrected chi connectivity index (χ2v) is 10.2. The van der Waals surface area contributed by atoms with E-state index in [9.17, 15) is 19.5 Å². The number of fused-ring (bicyclic) bond motifs is 1. The van der Waals surface area contributed by atoms with Crippen LogP contribution < -0.4 is 10.6 Å². The molecule has 0 unspecified atom stereocenters. The Morgan fingerprint density at radius 3 is 2.33 bits per heavy atom. The van der Waals surface area contributed by atoms with Gasteiger partial charge >= 0.3 is 0 Å². The highest BCUT2D eigenvalue weighted by molar-refractivity contribution is 5.95. The monoisotopic (exact) mass is 538 g/mol. The van der Waals surface area contributed by atoms with Gasteiger partial charge in [0.15, 0.2) is 0 Å². The van der Waals surface area contributed by atoms with Gasteiger partial charge in [0.05, 0.1) is 12.3 Å². The third kappa shape index (κ3) is 6.34. The van der Waals surface area contributed by atoms with Crippen LogP contribution in [0.1, 0.15) is 23.1 Å². The zero-order valence-electron chi connectivity index (χ0n) is 22.3. The number of hydrogen-bond donors (Lipinski definition) is 4. The van der Waals surface area contributed by atoms with E-state index in [0.29, 0.717) is 38.9 Å². The van der Waals surface area contributed by atoms with Crippen molar-refractivity contribution in [3.63, 3.8) is 0 Å². The van der Waals surface area contributed by atoms with Crippen molar-refractivity contribution in [2.45, 2.75) is 31.7 Å². The molecule has 1 fully saturated rings. The van der Waals surface area contributed by atoms with Crippen molar-refractivity contribution in [2.24, 2.45) is 5.92 Å². The fourth-order valence-electron chi connectivity index (χ4n) is 5.43. The lowest BCUT2D eigenvalue weighted by atomic mass is 9.97. The summed E-state index contributed by atoms with van der Waals surface area (Å²) in [4.78, 5) is 44.9. The molecule has 1 saturated heterocycles. The molecule has 1 aromatic heterocycles. The number of para-hydroxylation sites is 1. The molecular weight excluding hydrogens is 504 g/mol. The molecular formula is C32H34N4O4. The van der Waals surface area contributed by atoms with Gasteiger partial charge in [-0.3, -0.25) is 14.4 Å². The summed E-state index contributed by atoms with van der Waals surface area (Å²) in [5.74, 6) is -1.26. The minimum atomic E-state index is -0.885. The molecule has 0 aliphatic carbocycles. The number of amides is 3. The van der Waals surface area contributed by atoms with E-state index in [1.54, 1.807) is 12.1 Å². The summed E-state index contributed by atoms with van der Waals surface area (Å²) in [6, 6.07) is 23.4. The number of carbonyl (C=O) groups is 3. The predicted molar refractivity (Wildman–Crippen MR) is 154 cm³/mol. The second-order valence-electron chi connectivity index (χ2n) is 10.2. The molecule has 4 N–H and O–H groups in total. The Kier molecular flexibility index (Phi) is 8.44. The number of rotatable bonds is 10. The first-order valence-corrected chi connectivity index (χ1v) is 13.7. The van der Waals surface area contributed by atoms with Crippen LogP contribution in [0, 0.1) is 5.92 Å². The molecule has 1 aliphatic heterocycles. The molecule has 40 heavy (non-hydrogen) atoms. The molecule has 1 aliphatic rings. The van der Waals surface area contributed by atoms with E-state index in [1.165, 1.54) is 17.0 Å². The molecule has 5 rings (SSSR count). The SMILES string of the molecule is O=C(NCCc1ccccc1)[C@H]1CCN(C(=O)Cc2ccc(O)cc2)[C@@H]1C(=O)NCCc1c[nH]c2ccccc12. The van der Waals surface area contributed by atoms with Crippen LogP contribution in [0.3, 0.4) is 0 Å². The van der Waals surface area contributed by atoms with Crippen LogP contribution in [0.4, 0.5) is 0 Å². The van der Waals surface area contributed by atoms with Crippen molar-refractivity contribution in [1.82, 2.24) is 20.5 Å². The first kappa shape index (κ1) is 27.0. The standard InChI is InChI=1S/C32H34N4O4/c37-25-12-10-23(11-13-25)20-29(38)36-19-16-27(31(39)33-17-14-22-6-2-1-3-7-22)30(36)32(40)34-18-15-24-21-35-28-9-5-4-8-26(24)28/h1-13,21,27,30,35,37H,14-20H2,(H,33,39)(H,34,40)/t27-,30-/m0/s1. The quantitative estimate of drug-likeness (QED) is 0.248. The highest BCUT2D eigenvalue weighted by Crippen LogP contribution is 2.27. The van der Waals surface area contributed by atoms with Crippen LogP contribution in [0.5, 0.6) is 5.75 Å². The number of aromatic amines is 1. The van der Waals surface area contributed by atoms with Crippen LogP contribution >= 0.6 is 0 Å². The molecule has 2 atom stereocenters. The molecule has 8 nitrogen and oxygen atoms in total. The zero-order valence-corrected chi connectivity index (χ0v) is 22.3. The maximum absolute atomic E-state index is 13.5. The number of benzene rings is 3. The minimum Gasteiger partial charge on any atom is -0.508 e. The number of carbonyl (C=O) groups excluding carboxylic acids is 3. The largest absolute Gasteiger partial charge is 0.508 e. The number of phenolic OH excluding ortho intramolecular Hbond substituents is 1. The van der Waals surface area contributed by atoms with Crippen LogP contribution in [0.15, 0.2) is 85.1 Å². The molecule has 8 heteroatoms. The average Bonchev–Trinajstić information content (AvgIpc) is 3.60. The van der Waals surface area contributed by atoms with Crippen molar-refractivity contribution >= 4 is 28.6 Å². The van der Waals surface area contributed by atoms with Gasteiger partial charge in [-0.25, -0.2) is 0 Å². The number of H-pyrrole nitrogens is 1. The Morgan fingerprint density at radius 2 is 1.52 bits per heavy atom. The summed E-state index contributed by atoms with van der Waals surface area (Å²) in [6.45, 7) is 1.17. The fraction of sp³-hybridized carbons (Fsp3) is 0.281. The summed E-state index contributed by atoms with van der Waals surface area (Å²) >= 11 is 0. The predicted octanol–water partition coefficient (Wildman–Crippen LogP) is 3.35. The van der Waals surface area contributed by atoms with Crippen LogP contribution in [0.25, 0.3) is 10.9 Å². The van der Waals surface area contributed by atoms with E-state index in [1.807, 2.05) is 60.8 Å². The van der Waals surface area contributed by atoms with Gasteiger partial charge in [-0.1, -0.05) is 60.7 Å². The number of aromatic hydroxyl groups is 1. The Balaban J connectivity index is 1.25. The van der Waals surface area contributed by atoms with Gasteiger partial charge in [0, 0.05) is 36.7 Å². The lowest BCUT2D eigenvalue weighted by Gasteiger charge is -2.27. The van der Waals surface area contributed by atoms with Crippen LogP contribution in [0.2, 0.25) is 0 Å². The number of nitrogens with zero attached hydrogens (tertiary/aromatic N) is 1. The molecule has 0 spiro atoms. The number of aromatic nitrogens is 1. The molecule has 0 radical (unpaired) electrons. The summed E-state index contributed by atoms with van der Waals surface area (Å²) in [7, 11) is 0. The summed E-state index contributed by atoms with van der Waals surface area (Å²) < 4.78 is 0. The average molecular weight is 539 g/mol. The first-order chi connectivity index (χ1) is 19.5. The Morgan fingerprint density at radius 1 is 0.825 bits per heavy atom. The second kappa shape index (κ2) is 12.5. The summed E-state index contributed by atoms with van der Waals surface area (Å²) in [5, 5.41) is 16.7. The number of nitrogens with one attached hydrogen (secondary N) is 3. The van der Waals surface area contributed by atoms with E-state index in [0.717, 1.165) is 27.6 Å². The Labute approximate surface area is 233 Å². The molecule has 206 valence electrons. The van der Waals surface area contributed by atoms with Crippen LogP contribution in [-0.4, -0.2) is 58.4 Å². The third-order valence-electron chi connectivity index (χ3n) is 7.54. The number of phenols is 1. The van der Waals surface area contributed by atoms with Gasteiger partial charge in [-0.2, -0.15) is 0 Å². The van der Waals surface area contributed by atoms with Gasteiger partial charge in [0.1, 0.15) is 11.8 Å². The van der Waals surface area contributed by atoms with Crippen molar-refractivity contribution in [3.8, 4) is 5.75 Å². The molecule has 0 saturated carbocycles. The van der Waals surface area contributed by atoms with Crippen molar-refractivity contribution in [2.75, 3.05) is 19.6 Å². The normalized spacial score (nSPS) is 16.6. The first-order valence-electron chi connectivity index (χ1n) is 13.7. The molecule has 0 bridgehead atoms. The molecule has 3 amide bonds. The maximum Gasteiger partial charge on any atom is 0.243 e. The summed E-state index contributed by atoms with van der Waals surface area (Å²) in [6.07, 6.45) is 3.76. The van der Waals surface area contributed by atoms with Crippen molar-refractivity contribution in [1.29, 1.82) is 0 Å². The topological polar surface area (TPSA) is 115 Å². The summed E-state index contributed by atoms with van der Waals surface area (Å²) in [5.41, 5.74) is 3.99. The molecule has 3 aromatic carbocycles. The lowest BCUT2D eigenvalue weighted by Crippen LogP contribution is -2.52. The van der Waals surface area contributed by atoms with E-state index < -0.39 is 12.0 Å². The smallest absolute Gasteiger partial charge is 0.243 e. The van der Waals surface area contributed by atoms with Gasteiger partial charge in [-0.05, 0) is 54.2 Å². The lowest BCUT2D eigenvalue weighted by molar-refractivity contribution is -0.141. The van der Waals surface area contributed by atoms with Crippen LogP contribution in [-0.2, 0) is 33.6 Å². The third-order valence-corrected chi connectivity index (χ3v) is 7.54. The van der Waals surface area contributed by atoms with Gasteiger partial charge < -0.3 is 25.6 Å². The van der Waals surface area contributed by atoms with Gasteiger partial charge in [0.2, 0.25) is 17.7 Å². The Hall–Kier alpha value is -4.59. The van der Waals surface area contributed by atoms with E-state index in [-0.39, 0.29) is 29.9 Å². The highest BCUT2D eigenvalue weighted by atomic mass is 16.3. The van der Waals surface area contributed by atoms with E-state index in [2.05, 4.69) is 15.6 Å². The highest BCUT2D eigenvalue weighted by Gasteiger charge is 2.45. The number of hydrogen-bond acceptors (Lipinski definition) is 4. The number of likely N-dealkylation sites (tertiary alicyclic amines) is 1. The van der Waals surface area contributed by atoms with Gasteiger partial charge in [-0.15, -0.1) is 0 Å². The Bertz CT molecular complexity index is 1470. The maximum atomic E-state index is 13.5. The fourth-order valence-corrected chi connectivity index (χ4v) is 5.43. The minimum absolute atomic E-state index is 0.0851. The van der Waals surface area contributed by atoms with E-state index in [4.69, 9.17) is 0 Å². The zero-order chi connectivity index (χ0) is 27.9.